The van der Waals surface area contributed by atoms with Crippen molar-refractivity contribution in [1.82, 2.24) is 0 Å². The zero-order valence-corrected chi connectivity index (χ0v) is 53.2. The fraction of sp³-hybridized carbons (Fsp3) is 0.849. The summed E-state index contributed by atoms with van der Waals surface area (Å²) in [5, 5.41) is 0. The van der Waals surface area contributed by atoms with Crippen molar-refractivity contribution in [3.8, 4) is 0 Å². The molecule has 0 amide bonds. The van der Waals surface area contributed by atoms with Gasteiger partial charge in [-0.3, -0.25) is 14.4 Å². The normalized spacial score (nSPS) is 12.3. The Kier molecular flexibility index (Phi) is 65.6. The van der Waals surface area contributed by atoms with E-state index < -0.39 is 6.10 Å². The van der Waals surface area contributed by atoms with Crippen LogP contribution in [-0.2, 0) is 28.6 Å². The van der Waals surface area contributed by atoms with Crippen molar-refractivity contribution >= 4 is 17.9 Å². The lowest BCUT2D eigenvalue weighted by molar-refractivity contribution is -0.167. The summed E-state index contributed by atoms with van der Waals surface area (Å²) in [5.41, 5.74) is 0. The van der Waals surface area contributed by atoms with Gasteiger partial charge in [-0.25, -0.2) is 0 Å². The zero-order valence-electron chi connectivity index (χ0n) is 53.2. The van der Waals surface area contributed by atoms with Crippen LogP contribution in [-0.4, -0.2) is 37.2 Å². The summed E-state index contributed by atoms with van der Waals surface area (Å²) in [6.07, 6.45) is 85.9. The van der Waals surface area contributed by atoms with Gasteiger partial charge in [0.25, 0.3) is 0 Å². The van der Waals surface area contributed by atoms with E-state index in [-0.39, 0.29) is 31.1 Å². The first-order valence-corrected chi connectivity index (χ1v) is 35.1. The van der Waals surface area contributed by atoms with Crippen molar-refractivity contribution in [2.45, 2.75) is 386 Å². The molecule has 0 aliphatic rings. The molecule has 0 radical (unpaired) electrons. The monoisotopic (exact) mass is 1110 g/mol. The summed E-state index contributed by atoms with van der Waals surface area (Å²) in [7, 11) is 0. The molecule has 0 N–H and O–H groups in total. The quantitative estimate of drug-likeness (QED) is 0.0261. The molecule has 0 spiro atoms. The number of unbranched alkanes of at least 4 members (excludes halogenated alkanes) is 46. The maximum atomic E-state index is 12.9. The van der Waals surface area contributed by atoms with E-state index in [4.69, 9.17) is 14.2 Å². The Morgan fingerprint density at radius 2 is 0.468 bits per heavy atom. The van der Waals surface area contributed by atoms with Gasteiger partial charge in [-0.1, -0.05) is 333 Å². The molecule has 79 heavy (non-hydrogen) atoms. The van der Waals surface area contributed by atoms with Crippen LogP contribution in [0.4, 0.5) is 0 Å². The first-order valence-electron chi connectivity index (χ1n) is 35.1. The van der Waals surface area contributed by atoms with Gasteiger partial charge in [-0.2, -0.15) is 0 Å². The third-order valence-electron chi connectivity index (χ3n) is 15.8. The highest BCUT2D eigenvalue weighted by Gasteiger charge is 2.19. The Morgan fingerprint density at radius 3 is 0.734 bits per heavy atom. The average molecular weight is 1110 g/mol. The minimum atomic E-state index is -0.776. The molecule has 0 aromatic heterocycles. The van der Waals surface area contributed by atoms with E-state index in [1.807, 2.05) is 0 Å². The van der Waals surface area contributed by atoms with Gasteiger partial charge in [0, 0.05) is 19.3 Å². The highest BCUT2D eigenvalue weighted by molar-refractivity contribution is 5.71. The second-order valence-electron chi connectivity index (χ2n) is 23.8. The van der Waals surface area contributed by atoms with Crippen molar-refractivity contribution in [3.05, 3.63) is 48.6 Å². The maximum Gasteiger partial charge on any atom is 0.306 e. The van der Waals surface area contributed by atoms with Crippen LogP contribution in [0.15, 0.2) is 48.6 Å². The fourth-order valence-corrected chi connectivity index (χ4v) is 10.5. The second kappa shape index (κ2) is 67.9. The number of allylic oxidation sites excluding steroid dienone is 8. The van der Waals surface area contributed by atoms with Gasteiger partial charge >= 0.3 is 17.9 Å². The van der Waals surface area contributed by atoms with Crippen molar-refractivity contribution in [1.29, 1.82) is 0 Å². The highest BCUT2D eigenvalue weighted by Crippen LogP contribution is 2.18. The van der Waals surface area contributed by atoms with E-state index in [2.05, 4.69) is 69.4 Å². The first-order chi connectivity index (χ1) is 39.0. The summed E-state index contributed by atoms with van der Waals surface area (Å²) >= 11 is 0. The van der Waals surface area contributed by atoms with Gasteiger partial charge in [0.2, 0.25) is 0 Å². The van der Waals surface area contributed by atoms with E-state index >= 15 is 0 Å². The fourth-order valence-electron chi connectivity index (χ4n) is 10.5. The molecular weight excluding hydrogens is 973 g/mol. The van der Waals surface area contributed by atoms with E-state index in [1.54, 1.807) is 0 Å². The SMILES string of the molecule is CCCC/C=C\C/C=C\CCCCCCCC(=O)OC(COC(=O)CCCCCCCCCCCCCC)COC(=O)CCCCCCCCCCCCCCCCCCCCCCCCC/C=C\C/C=C\CCCCCCC. The first kappa shape index (κ1) is 76.4. The summed E-state index contributed by atoms with van der Waals surface area (Å²) < 4.78 is 16.9. The Hall–Kier alpha value is -2.63. The molecule has 0 aromatic carbocycles. The molecule has 6 heteroatoms. The number of carbonyl (C=O) groups excluding carboxylic acids is 3. The summed E-state index contributed by atoms with van der Waals surface area (Å²) in [4.78, 5) is 38.3. The van der Waals surface area contributed by atoms with E-state index in [0.29, 0.717) is 19.3 Å². The van der Waals surface area contributed by atoms with Crippen LogP contribution < -0.4 is 0 Å². The predicted molar refractivity (Wildman–Crippen MR) is 344 cm³/mol. The van der Waals surface area contributed by atoms with Crippen LogP contribution in [0.1, 0.15) is 380 Å². The lowest BCUT2D eigenvalue weighted by Crippen LogP contribution is -2.30. The molecule has 0 bridgehead atoms. The Morgan fingerprint density at radius 1 is 0.253 bits per heavy atom. The molecule has 462 valence electrons. The number of carbonyl (C=O) groups is 3. The number of rotatable bonds is 65. The zero-order chi connectivity index (χ0) is 57.1. The van der Waals surface area contributed by atoms with E-state index in [9.17, 15) is 14.4 Å². The molecule has 0 saturated carbocycles. The average Bonchev–Trinajstić information content (AvgIpc) is 3.45. The van der Waals surface area contributed by atoms with Gasteiger partial charge in [-0.15, -0.1) is 0 Å². The molecule has 0 aliphatic carbocycles. The number of hydrogen-bond acceptors (Lipinski definition) is 6. The van der Waals surface area contributed by atoms with E-state index in [0.717, 1.165) is 89.9 Å². The van der Waals surface area contributed by atoms with Gasteiger partial charge in [0.15, 0.2) is 6.10 Å². The minimum Gasteiger partial charge on any atom is -0.462 e. The Bertz CT molecular complexity index is 1360. The van der Waals surface area contributed by atoms with Crippen LogP contribution in [0, 0.1) is 0 Å². The summed E-state index contributed by atoms with van der Waals surface area (Å²) in [6, 6.07) is 0. The molecular formula is C73H134O6. The number of esters is 3. The Balaban J connectivity index is 4.03. The molecule has 1 atom stereocenters. The van der Waals surface area contributed by atoms with Gasteiger partial charge in [-0.05, 0) is 77.0 Å². The standard InChI is InChI=1S/C73H134O6/c1-4-7-10-13-16-19-22-25-27-28-29-30-31-32-33-34-35-36-37-38-39-40-41-42-43-44-45-46-47-49-51-54-57-60-63-66-72(75)78-69-70(68-77-71(74)65-62-59-56-53-50-24-21-18-15-12-9-6-3)79-73(76)67-64-61-58-55-52-48-26-23-20-17-14-11-8-5-2/h14,17,22-23,25-26,28-29,70H,4-13,15-16,18-21,24,27,30-69H2,1-3H3/b17-14-,25-22-,26-23-,29-28-. The van der Waals surface area contributed by atoms with Crippen LogP contribution in [0.2, 0.25) is 0 Å². The van der Waals surface area contributed by atoms with Gasteiger partial charge < -0.3 is 14.2 Å². The van der Waals surface area contributed by atoms with E-state index in [1.165, 1.54) is 250 Å². The van der Waals surface area contributed by atoms with Crippen molar-refractivity contribution in [2.75, 3.05) is 13.2 Å². The smallest absolute Gasteiger partial charge is 0.306 e. The molecule has 0 saturated heterocycles. The maximum absolute atomic E-state index is 12.9. The largest absolute Gasteiger partial charge is 0.462 e. The minimum absolute atomic E-state index is 0.0733. The molecule has 0 rings (SSSR count). The lowest BCUT2D eigenvalue weighted by atomic mass is 10.0. The molecule has 0 fully saturated rings. The second-order valence-corrected chi connectivity index (χ2v) is 23.8. The molecule has 6 nitrogen and oxygen atoms in total. The van der Waals surface area contributed by atoms with Crippen LogP contribution in [0.5, 0.6) is 0 Å². The van der Waals surface area contributed by atoms with Gasteiger partial charge in [0.05, 0.1) is 0 Å². The van der Waals surface area contributed by atoms with Crippen molar-refractivity contribution in [2.24, 2.45) is 0 Å². The number of hydrogen-bond donors (Lipinski definition) is 0. The van der Waals surface area contributed by atoms with Crippen LogP contribution in [0.25, 0.3) is 0 Å². The molecule has 0 heterocycles. The molecule has 1 unspecified atom stereocenters. The predicted octanol–water partition coefficient (Wildman–Crippen LogP) is 24.1. The summed E-state index contributed by atoms with van der Waals surface area (Å²) in [6.45, 7) is 6.63. The molecule has 0 aliphatic heterocycles. The Labute approximate surface area is 492 Å². The highest BCUT2D eigenvalue weighted by atomic mass is 16.6. The van der Waals surface area contributed by atoms with Crippen LogP contribution >= 0.6 is 0 Å². The third kappa shape index (κ3) is 66.1. The molecule has 0 aromatic rings. The number of ether oxygens (including phenoxy) is 3. The lowest BCUT2D eigenvalue weighted by Gasteiger charge is -2.18. The van der Waals surface area contributed by atoms with Crippen LogP contribution in [0.3, 0.4) is 0 Å². The van der Waals surface area contributed by atoms with Crippen molar-refractivity contribution in [3.63, 3.8) is 0 Å². The third-order valence-corrected chi connectivity index (χ3v) is 15.8. The topological polar surface area (TPSA) is 78.9 Å². The van der Waals surface area contributed by atoms with Gasteiger partial charge in [0.1, 0.15) is 13.2 Å². The summed E-state index contributed by atoms with van der Waals surface area (Å²) in [5.74, 6) is -0.865. The van der Waals surface area contributed by atoms with Crippen molar-refractivity contribution < 1.29 is 28.6 Å².